The zero-order chi connectivity index (χ0) is 25.5. The average molecular weight is 510 g/mol. The Labute approximate surface area is 217 Å². The molecule has 0 radical (unpaired) electrons. The van der Waals surface area contributed by atoms with E-state index < -0.39 is 0 Å². The van der Waals surface area contributed by atoms with Crippen molar-refractivity contribution in [2.45, 2.75) is 12.5 Å². The molecule has 9 heteroatoms. The van der Waals surface area contributed by atoms with Crippen LogP contribution >= 0.6 is 11.3 Å². The summed E-state index contributed by atoms with van der Waals surface area (Å²) in [5.41, 5.74) is 3.91. The van der Waals surface area contributed by atoms with Crippen molar-refractivity contribution in [3.05, 3.63) is 84.4 Å². The molecule has 1 atom stereocenters. The molecule has 1 unspecified atom stereocenters. The largest absolute Gasteiger partial charge is 0.347 e. The van der Waals surface area contributed by atoms with Crippen LogP contribution in [0.15, 0.2) is 79.5 Å². The molecular formula is C28H23N5O3S. The summed E-state index contributed by atoms with van der Waals surface area (Å²) >= 11 is 1.24. The van der Waals surface area contributed by atoms with Gasteiger partial charge in [-0.05, 0) is 41.8 Å². The third-order valence-corrected chi connectivity index (χ3v) is 7.77. The lowest BCUT2D eigenvalue weighted by molar-refractivity contribution is -0.125. The Balaban J connectivity index is 1.34. The highest BCUT2D eigenvalue weighted by Gasteiger charge is 2.34. The first-order valence-electron chi connectivity index (χ1n) is 11.9. The topological polar surface area (TPSA) is 94.6 Å². The highest BCUT2D eigenvalue weighted by Crippen LogP contribution is 2.46. The summed E-state index contributed by atoms with van der Waals surface area (Å²) in [5, 5.41) is 6.69. The van der Waals surface area contributed by atoms with Crippen LogP contribution < -0.4 is 15.5 Å². The summed E-state index contributed by atoms with van der Waals surface area (Å²) in [5.74, 6) is -0.437. The van der Waals surface area contributed by atoms with Gasteiger partial charge >= 0.3 is 6.03 Å². The zero-order valence-corrected chi connectivity index (χ0v) is 20.6. The number of thiophene rings is 1. The van der Waals surface area contributed by atoms with Crippen LogP contribution in [0.25, 0.3) is 21.3 Å². The lowest BCUT2D eigenvalue weighted by Gasteiger charge is -2.28. The first-order chi connectivity index (χ1) is 18.0. The van der Waals surface area contributed by atoms with Crippen molar-refractivity contribution in [1.29, 1.82) is 0 Å². The smallest absolute Gasteiger partial charge is 0.331 e. The van der Waals surface area contributed by atoms with Crippen molar-refractivity contribution in [1.82, 2.24) is 15.2 Å². The van der Waals surface area contributed by atoms with E-state index in [0.29, 0.717) is 46.3 Å². The van der Waals surface area contributed by atoms with E-state index in [1.165, 1.54) is 17.4 Å². The second-order valence-electron chi connectivity index (χ2n) is 8.95. The Hall–Kier alpha value is -4.50. The van der Waals surface area contributed by atoms with E-state index in [2.05, 4.69) is 22.2 Å². The number of hydrogen-bond donors (Lipinski definition) is 2. The fraction of sp³-hybridized carbons (Fsp3) is 0.143. The first-order valence-corrected chi connectivity index (χ1v) is 12.8. The molecule has 0 bridgehead atoms. The number of pyridine rings is 1. The zero-order valence-electron chi connectivity index (χ0n) is 19.8. The second-order valence-corrected chi connectivity index (χ2v) is 9.94. The van der Waals surface area contributed by atoms with E-state index in [0.717, 1.165) is 16.5 Å². The molecule has 1 fully saturated rings. The van der Waals surface area contributed by atoms with E-state index in [4.69, 9.17) is 0 Å². The van der Waals surface area contributed by atoms with Crippen LogP contribution in [0, 0.1) is 0 Å². The van der Waals surface area contributed by atoms with E-state index in [1.807, 2.05) is 54.6 Å². The van der Waals surface area contributed by atoms with Crippen LogP contribution in [0.5, 0.6) is 0 Å². The van der Waals surface area contributed by atoms with Gasteiger partial charge in [-0.1, -0.05) is 49.0 Å². The molecule has 4 aromatic rings. The fourth-order valence-corrected chi connectivity index (χ4v) is 5.94. The van der Waals surface area contributed by atoms with Gasteiger partial charge in [-0.2, -0.15) is 0 Å². The molecule has 0 spiro atoms. The molecule has 2 aromatic carbocycles. The van der Waals surface area contributed by atoms with Crippen LogP contribution in [0.2, 0.25) is 0 Å². The summed E-state index contributed by atoms with van der Waals surface area (Å²) < 4.78 is 0. The SMILES string of the molecule is C=CC(=O)N1CCC(NC(=O)c2sc3nccc4c3c2NC(=O)N4c2cccc(-c3ccccc3)c2)C1. The summed E-state index contributed by atoms with van der Waals surface area (Å²) in [6.45, 7) is 4.52. The van der Waals surface area contributed by atoms with Crippen molar-refractivity contribution in [3.63, 3.8) is 0 Å². The Morgan fingerprint density at radius 1 is 1.11 bits per heavy atom. The number of nitrogens with one attached hydrogen (secondary N) is 2. The monoisotopic (exact) mass is 509 g/mol. The predicted octanol–water partition coefficient (Wildman–Crippen LogP) is 5.16. The van der Waals surface area contributed by atoms with E-state index in [9.17, 15) is 14.4 Å². The number of benzene rings is 2. The predicted molar refractivity (Wildman–Crippen MR) is 145 cm³/mol. The van der Waals surface area contributed by atoms with Crippen LogP contribution in [0.1, 0.15) is 16.1 Å². The molecule has 4 heterocycles. The third-order valence-electron chi connectivity index (χ3n) is 6.67. The Morgan fingerprint density at radius 3 is 2.73 bits per heavy atom. The summed E-state index contributed by atoms with van der Waals surface area (Å²) in [7, 11) is 0. The Kier molecular flexibility index (Phi) is 5.69. The number of rotatable bonds is 5. The summed E-state index contributed by atoms with van der Waals surface area (Å²) in [4.78, 5) is 47.4. The number of urea groups is 1. The number of aromatic nitrogens is 1. The second kappa shape index (κ2) is 9.18. The maximum atomic E-state index is 13.4. The molecule has 4 amide bonds. The van der Waals surface area contributed by atoms with Crippen molar-refractivity contribution >= 4 is 56.5 Å². The van der Waals surface area contributed by atoms with Crippen LogP contribution in [0.3, 0.4) is 0 Å². The fourth-order valence-electron chi connectivity index (χ4n) is 4.91. The van der Waals surface area contributed by atoms with Gasteiger partial charge in [0.25, 0.3) is 5.91 Å². The van der Waals surface area contributed by atoms with Gasteiger partial charge in [0.2, 0.25) is 5.91 Å². The minimum absolute atomic E-state index is 0.147. The number of anilines is 3. The molecule has 2 aliphatic heterocycles. The van der Waals surface area contributed by atoms with E-state index in [-0.39, 0.29) is 23.9 Å². The quantitative estimate of drug-likeness (QED) is 0.363. The van der Waals surface area contributed by atoms with Gasteiger partial charge in [0.1, 0.15) is 9.71 Å². The van der Waals surface area contributed by atoms with Crippen molar-refractivity contribution in [3.8, 4) is 11.1 Å². The number of nitrogens with zero attached hydrogens (tertiary/aromatic N) is 3. The van der Waals surface area contributed by atoms with Gasteiger partial charge in [-0.3, -0.25) is 14.5 Å². The Bertz CT molecular complexity index is 1560. The Morgan fingerprint density at radius 2 is 1.92 bits per heavy atom. The molecule has 2 aliphatic rings. The molecule has 37 heavy (non-hydrogen) atoms. The normalized spacial score (nSPS) is 16.5. The third kappa shape index (κ3) is 4.03. The van der Waals surface area contributed by atoms with Crippen molar-refractivity contribution < 1.29 is 14.4 Å². The molecule has 1 saturated heterocycles. The van der Waals surface area contributed by atoms with Gasteiger partial charge in [0, 0.05) is 25.3 Å². The van der Waals surface area contributed by atoms with Crippen molar-refractivity contribution in [2.75, 3.05) is 23.3 Å². The molecule has 2 N–H and O–H groups in total. The van der Waals surface area contributed by atoms with E-state index >= 15 is 0 Å². The summed E-state index contributed by atoms with van der Waals surface area (Å²) in [6, 6.07) is 19.1. The highest BCUT2D eigenvalue weighted by atomic mass is 32.1. The average Bonchev–Trinajstić information content (AvgIpc) is 3.54. The molecule has 0 saturated carbocycles. The molecule has 6 rings (SSSR count). The minimum atomic E-state index is -0.346. The molecular weight excluding hydrogens is 486 g/mol. The van der Waals surface area contributed by atoms with Crippen LogP contribution in [-0.2, 0) is 4.79 Å². The minimum Gasteiger partial charge on any atom is -0.347 e. The van der Waals surface area contributed by atoms with Gasteiger partial charge in [-0.15, -0.1) is 11.3 Å². The first kappa shape index (κ1) is 22.9. The number of carbonyl (C=O) groups excluding carboxylic acids is 3. The van der Waals surface area contributed by atoms with Gasteiger partial charge in [0.15, 0.2) is 0 Å². The summed E-state index contributed by atoms with van der Waals surface area (Å²) in [6.07, 6.45) is 3.60. The molecule has 184 valence electrons. The van der Waals surface area contributed by atoms with E-state index in [1.54, 1.807) is 22.1 Å². The van der Waals surface area contributed by atoms with Crippen LogP contribution in [0.4, 0.5) is 21.9 Å². The number of amides is 4. The maximum absolute atomic E-state index is 13.4. The van der Waals surface area contributed by atoms with Crippen LogP contribution in [-0.4, -0.2) is 46.9 Å². The van der Waals surface area contributed by atoms with Gasteiger partial charge in [-0.25, -0.2) is 9.78 Å². The van der Waals surface area contributed by atoms with Crippen molar-refractivity contribution in [2.24, 2.45) is 0 Å². The molecule has 2 aromatic heterocycles. The van der Waals surface area contributed by atoms with Gasteiger partial charge in [0.05, 0.1) is 22.4 Å². The molecule has 0 aliphatic carbocycles. The lowest BCUT2D eigenvalue weighted by Crippen LogP contribution is -2.39. The van der Waals surface area contributed by atoms with Gasteiger partial charge < -0.3 is 15.5 Å². The number of carbonyl (C=O) groups is 3. The standard InChI is InChI=1S/C28H23N5O3S/c1-2-22(34)32-14-12-19(16-32)30-26(35)25-24-23-21(11-13-29-27(23)37-25)33(28(36)31-24)20-10-6-9-18(15-20)17-7-4-3-5-8-17/h2-11,13,15,19H,1,12,14,16H2,(H,30,35)(H,31,36). The number of likely N-dealkylation sites (tertiary alicyclic amines) is 1. The molecule has 8 nitrogen and oxygen atoms in total. The maximum Gasteiger partial charge on any atom is 0.331 e. The number of hydrogen-bond acceptors (Lipinski definition) is 5. The lowest BCUT2D eigenvalue weighted by atomic mass is 10.0. The highest BCUT2D eigenvalue weighted by molar-refractivity contribution is 7.21.